The lowest BCUT2D eigenvalue weighted by atomic mass is 9.92. The number of halogens is 3. The fraction of sp³-hybridized carbons (Fsp3) is 0.211. The lowest BCUT2D eigenvalue weighted by Crippen LogP contribution is -2.53. The maximum atomic E-state index is 14.6. The SMILES string of the molecule is CC(c1ccn[nH]1)[C@@H](C(=O)N1CCc2ccccc2C1)N(Cc1ccc(-c2ccccn2)cc1)C(=O)C=Cc1ccc(C(F)(F)F)cc1. The van der Waals surface area contributed by atoms with Crippen molar-refractivity contribution in [2.24, 2.45) is 0 Å². The fourth-order valence-electron chi connectivity index (χ4n) is 6.05. The Bertz CT molecular complexity index is 1870. The molecule has 1 N–H and O–H groups in total. The van der Waals surface area contributed by atoms with Crippen LogP contribution >= 0.6 is 0 Å². The predicted molar refractivity (Wildman–Crippen MR) is 177 cm³/mol. The van der Waals surface area contributed by atoms with Crippen molar-refractivity contribution in [2.45, 2.75) is 44.6 Å². The molecule has 0 aliphatic carbocycles. The van der Waals surface area contributed by atoms with Crippen LogP contribution in [0.25, 0.3) is 17.3 Å². The van der Waals surface area contributed by atoms with Crippen LogP contribution in [-0.2, 0) is 35.3 Å². The van der Waals surface area contributed by atoms with Crippen LogP contribution in [0.3, 0.4) is 0 Å². The van der Waals surface area contributed by atoms with E-state index in [9.17, 15) is 22.8 Å². The first-order valence-corrected chi connectivity index (χ1v) is 15.7. The maximum Gasteiger partial charge on any atom is 0.416 e. The van der Waals surface area contributed by atoms with Crippen molar-refractivity contribution in [2.75, 3.05) is 6.54 Å². The van der Waals surface area contributed by atoms with Crippen LogP contribution in [0, 0.1) is 0 Å². The Morgan fingerprint density at radius 3 is 2.31 bits per heavy atom. The van der Waals surface area contributed by atoms with Gasteiger partial charge >= 0.3 is 6.18 Å². The molecule has 7 nitrogen and oxygen atoms in total. The van der Waals surface area contributed by atoms with Crippen LogP contribution in [0.15, 0.2) is 116 Å². The summed E-state index contributed by atoms with van der Waals surface area (Å²) in [5, 5.41) is 7.07. The summed E-state index contributed by atoms with van der Waals surface area (Å²) < 4.78 is 39.4. The first-order chi connectivity index (χ1) is 23.2. The summed E-state index contributed by atoms with van der Waals surface area (Å²) in [6, 6.07) is 26.8. The summed E-state index contributed by atoms with van der Waals surface area (Å²) in [6.07, 6.45) is 2.35. The minimum Gasteiger partial charge on any atom is -0.336 e. The lowest BCUT2D eigenvalue weighted by molar-refractivity contribution is -0.145. The van der Waals surface area contributed by atoms with Crippen molar-refractivity contribution in [3.8, 4) is 11.3 Å². The monoisotopic (exact) mass is 649 g/mol. The standard InChI is InChI=1S/C38H34F3N5O2/c1-26(33-19-22-43-44-33)36(37(48)45-23-20-29-6-2-3-7-31(29)25-45)46(24-28-9-14-30(15-10-28)34-8-4-5-21-42-34)35(47)18-13-27-11-16-32(17-12-27)38(39,40)41/h2-19,21-22,26,36H,20,23-25H2,1H3,(H,43,44)/t26?,36-/m0/s1. The quantitative estimate of drug-likeness (QED) is 0.170. The molecular weight excluding hydrogens is 615 g/mol. The van der Waals surface area contributed by atoms with E-state index in [1.165, 1.54) is 29.8 Å². The Morgan fingerprint density at radius 1 is 0.917 bits per heavy atom. The molecule has 6 rings (SSSR count). The number of carbonyl (C=O) groups is 2. The molecule has 1 aliphatic rings. The highest BCUT2D eigenvalue weighted by Crippen LogP contribution is 2.31. The van der Waals surface area contributed by atoms with E-state index in [1.54, 1.807) is 28.3 Å². The molecule has 5 aromatic rings. The molecule has 0 saturated carbocycles. The number of carbonyl (C=O) groups excluding carboxylic acids is 2. The third kappa shape index (κ3) is 7.38. The average Bonchev–Trinajstić information content (AvgIpc) is 3.66. The van der Waals surface area contributed by atoms with Crippen LogP contribution in [0.5, 0.6) is 0 Å². The van der Waals surface area contributed by atoms with Crippen LogP contribution < -0.4 is 0 Å². The number of alkyl halides is 3. The van der Waals surface area contributed by atoms with Gasteiger partial charge in [-0.15, -0.1) is 0 Å². The Hall–Kier alpha value is -5.51. The molecule has 10 heteroatoms. The van der Waals surface area contributed by atoms with Gasteiger partial charge < -0.3 is 9.80 Å². The number of nitrogens with zero attached hydrogens (tertiary/aromatic N) is 4. The number of benzene rings is 3. The zero-order chi connectivity index (χ0) is 33.7. The van der Waals surface area contributed by atoms with E-state index >= 15 is 0 Å². The summed E-state index contributed by atoms with van der Waals surface area (Å²) >= 11 is 0. The summed E-state index contributed by atoms with van der Waals surface area (Å²) in [4.78, 5) is 36.5. The highest BCUT2D eigenvalue weighted by Gasteiger charge is 2.38. The fourth-order valence-corrected chi connectivity index (χ4v) is 6.05. The first kappa shape index (κ1) is 32.4. The number of pyridine rings is 1. The molecule has 244 valence electrons. The van der Waals surface area contributed by atoms with Gasteiger partial charge in [-0.3, -0.25) is 19.7 Å². The van der Waals surface area contributed by atoms with Crippen molar-refractivity contribution >= 4 is 17.9 Å². The number of hydrogen-bond acceptors (Lipinski definition) is 4. The minimum atomic E-state index is -4.47. The number of aromatic nitrogens is 3. The molecule has 0 radical (unpaired) electrons. The predicted octanol–water partition coefficient (Wildman–Crippen LogP) is 7.29. The average molecular weight is 650 g/mol. The number of fused-ring (bicyclic) bond motifs is 1. The van der Waals surface area contributed by atoms with Crippen LogP contribution in [0.1, 0.15) is 46.4 Å². The Labute approximate surface area is 276 Å². The van der Waals surface area contributed by atoms with Gasteiger partial charge in [-0.05, 0) is 65.1 Å². The minimum absolute atomic E-state index is 0.109. The first-order valence-electron chi connectivity index (χ1n) is 15.7. The molecule has 0 fully saturated rings. The molecular formula is C38H34F3N5O2. The van der Waals surface area contributed by atoms with Gasteiger partial charge in [0.2, 0.25) is 11.8 Å². The van der Waals surface area contributed by atoms with Gasteiger partial charge in [-0.2, -0.15) is 18.3 Å². The van der Waals surface area contributed by atoms with Crippen molar-refractivity contribution < 1.29 is 22.8 Å². The van der Waals surface area contributed by atoms with E-state index in [0.29, 0.717) is 30.8 Å². The Kier molecular flexibility index (Phi) is 9.52. The number of H-pyrrole nitrogens is 1. The number of aromatic amines is 1. The number of hydrogen-bond donors (Lipinski definition) is 1. The number of amides is 2. The topological polar surface area (TPSA) is 82.2 Å². The van der Waals surface area contributed by atoms with Gasteiger partial charge in [0.25, 0.3) is 0 Å². The zero-order valence-corrected chi connectivity index (χ0v) is 26.3. The van der Waals surface area contributed by atoms with Gasteiger partial charge in [0.1, 0.15) is 6.04 Å². The zero-order valence-electron chi connectivity index (χ0n) is 26.3. The molecule has 2 aromatic heterocycles. The molecule has 48 heavy (non-hydrogen) atoms. The van der Waals surface area contributed by atoms with Crippen molar-refractivity contribution in [1.82, 2.24) is 25.0 Å². The molecule has 2 atom stereocenters. The molecule has 1 aliphatic heterocycles. The van der Waals surface area contributed by atoms with E-state index in [4.69, 9.17) is 0 Å². The molecule has 2 amide bonds. The van der Waals surface area contributed by atoms with Crippen LogP contribution in [0.4, 0.5) is 13.2 Å². The van der Waals surface area contributed by atoms with Crippen molar-refractivity contribution in [3.05, 3.63) is 149 Å². The molecule has 0 bridgehead atoms. The van der Waals surface area contributed by atoms with E-state index < -0.39 is 29.6 Å². The van der Waals surface area contributed by atoms with E-state index in [1.807, 2.05) is 67.6 Å². The van der Waals surface area contributed by atoms with Gasteiger partial charge in [-0.1, -0.05) is 73.7 Å². The van der Waals surface area contributed by atoms with E-state index in [-0.39, 0.29) is 12.5 Å². The van der Waals surface area contributed by atoms with E-state index in [0.717, 1.165) is 34.5 Å². The second kappa shape index (κ2) is 14.1. The lowest BCUT2D eigenvalue weighted by Gasteiger charge is -2.39. The molecule has 3 heterocycles. The summed E-state index contributed by atoms with van der Waals surface area (Å²) in [6.45, 7) is 2.92. The highest BCUT2D eigenvalue weighted by atomic mass is 19.4. The summed E-state index contributed by atoms with van der Waals surface area (Å²) in [5.41, 5.74) is 5.12. The summed E-state index contributed by atoms with van der Waals surface area (Å²) in [5.74, 6) is -1.12. The molecule has 1 unspecified atom stereocenters. The molecule has 0 spiro atoms. The number of nitrogens with one attached hydrogen (secondary N) is 1. The second-order valence-corrected chi connectivity index (χ2v) is 11.9. The van der Waals surface area contributed by atoms with Gasteiger partial charge in [0.05, 0.1) is 11.3 Å². The van der Waals surface area contributed by atoms with Gasteiger partial charge in [-0.25, -0.2) is 0 Å². The second-order valence-electron chi connectivity index (χ2n) is 11.9. The maximum absolute atomic E-state index is 14.6. The highest BCUT2D eigenvalue weighted by molar-refractivity contribution is 5.96. The van der Waals surface area contributed by atoms with E-state index in [2.05, 4.69) is 21.2 Å². The third-order valence-corrected chi connectivity index (χ3v) is 8.72. The molecule has 3 aromatic carbocycles. The smallest absolute Gasteiger partial charge is 0.336 e. The van der Waals surface area contributed by atoms with Crippen molar-refractivity contribution in [1.29, 1.82) is 0 Å². The Balaban J connectivity index is 1.35. The number of rotatable bonds is 9. The van der Waals surface area contributed by atoms with Crippen LogP contribution in [-0.4, -0.2) is 49.4 Å². The van der Waals surface area contributed by atoms with Gasteiger partial charge in [0.15, 0.2) is 0 Å². The summed E-state index contributed by atoms with van der Waals surface area (Å²) in [7, 11) is 0. The third-order valence-electron chi connectivity index (χ3n) is 8.72. The molecule has 0 saturated heterocycles. The van der Waals surface area contributed by atoms with Gasteiger partial charge in [0, 0.05) is 55.3 Å². The Morgan fingerprint density at radius 2 is 1.65 bits per heavy atom. The normalized spacial score (nSPS) is 14.4. The van der Waals surface area contributed by atoms with Crippen molar-refractivity contribution in [3.63, 3.8) is 0 Å². The van der Waals surface area contributed by atoms with Crippen LogP contribution in [0.2, 0.25) is 0 Å². The largest absolute Gasteiger partial charge is 0.416 e.